The Hall–Kier alpha value is -4.19. The van der Waals surface area contributed by atoms with E-state index in [-0.39, 0.29) is 16.5 Å². The lowest BCUT2D eigenvalue weighted by molar-refractivity contribution is 0.0691. The van der Waals surface area contributed by atoms with Crippen molar-refractivity contribution in [3.8, 4) is 11.1 Å². The highest BCUT2D eigenvalue weighted by Crippen LogP contribution is 2.38. The van der Waals surface area contributed by atoms with E-state index >= 15 is 0 Å². The number of hydrogen-bond acceptors (Lipinski definition) is 8. The molecule has 9 nitrogen and oxygen atoms in total. The van der Waals surface area contributed by atoms with Gasteiger partial charge in [-0.05, 0) is 66.3 Å². The Balaban J connectivity index is 1.64. The summed E-state index contributed by atoms with van der Waals surface area (Å²) >= 11 is 1.16. The van der Waals surface area contributed by atoms with Crippen molar-refractivity contribution in [2.45, 2.75) is 31.1 Å². The van der Waals surface area contributed by atoms with Gasteiger partial charge in [-0.3, -0.25) is 4.98 Å². The summed E-state index contributed by atoms with van der Waals surface area (Å²) in [6.07, 6.45) is 5.75. The van der Waals surface area contributed by atoms with Crippen LogP contribution in [0.25, 0.3) is 16.8 Å². The third-order valence-electron chi connectivity index (χ3n) is 6.68. The second kappa shape index (κ2) is 11.1. The molecule has 1 fully saturated rings. The number of carbonyl (C=O) groups is 1. The smallest absolute Gasteiger partial charge is 0.355 e. The van der Waals surface area contributed by atoms with Gasteiger partial charge in [-0.2, -0.15) is 0 Å². The lowest BCUT2D eigenvalue weighted by Crippen LogP contribution is -2.15. The van der Waals surface area contributed by atoms with Crippen molar-refractivity contribution in [3.05, 3.63) is 100 Å². The average Bonchev–Trinajstić information content (AvgIpc) is 3.67. The van der Waals surface area contributed by atoms with E-state index in [0.29, 0.717) is 17.2 Å². The molecule has 4 aromatic rings. The van der Waals surface area contributed by atoms with E-state index in [1.54, 1.807) is 24.5 Å². The number of primary sulfonamides is 1. The third-order valence-corrected chi connectivity index (χ3v) is 8.34. The Morgan fingerprint density at radius 1 is 1.15 bits per heavy atom. The van der Waals surface area contributed by atoms with E-state index in [1.807, 2.05) is 37.3 Å². The fraction of sp³-hybridized carbons (Fsp3) is 0.172. The molecule has 0 unspecified atom stereocenters. The molecule has 0 bridgehead atoms. The summed E-state index contributed by atoms with van der Waals surface area (Å²) in [6.45, 7) is 2.03. The maximum absolute atomic E-state index is 11.8. The number of aromatic carboxylic acids is 1. The quantitative estimate of drug-likeness (QED) is 0.239. The van der Waals surface area contributed by atoms with Crippen LogP contribution < -0.4 is 10.9 Å². The third kappa shape index (κ3) is 6.17. The number of carboxylic acids is 1. The first-order chi connectivity index (χ1) is 19.1. The second-order valence-electron chi connectivity index (χ2n) is 9.62. The van der Waals surface area contributed by atoms with E-state index in [4.69, 9.17) is 15.9 Å². The van der Waals surface area contributed by atoms with Gasteiger partial charge in [-0.15, -0.1) is 11.3 Å². The summed E-state index contributed by atoms with van der Waals surface area (Å²) in [6, 6.07) is 16.2. The topological polar surface area (TPSA) is 162 Å². The number of nitrogens with two attached hydrogens (primary N) is 2. The lowest BCUT2D eigenvalue weighted by atomic mass is 9.91. The lowest BCUT2D eigenvalue weighted by Gasteiger charge is -2.17. The number of benzene rings is 2. The number of rotatable bonds is 9. The first kappa shape index (κ1) is 27.4. The van der Waals surface area contributed by atoms with Crippen LogP contribution in [0.15, 0.2) is 87.8 Å². The Morgan fingerprint density at radius 2 is 1.90 bits per heavy atom. The Labute approximate surface area is 236 Å². The number of allylic oxidation sites excluding steroid dienone is 1. The van der Waals surface area contributed by atoms with Gasteiger partial charge in [-0.1, -0.05) is 30.3 Å². The molecule has 1 aliphatic carbocycles. The van der Waals surface area contributed by atoms with Crippen LogP contribution >= 0.6 is 11.3 Å². The molecule has 5 N–H and O–H groups in total. The highest BCUT2D eigenvalue weighted by atomic mass is 32.2. The number of aliphatic imine (C=N–C) groups is 1. The molecule has 0 amide bonds. The minimum absolute atomic E-state index is 0.0227. The number of sulfonamides is 1. The van der Waals surface area contributed by atoms with Crippen LogP contribution in [0, 0.1) is 12.8 Å². The number of aryl methyl sites for hydroxylation is 1. The highest BCUT2D eigenvalue weighted by Gasteiger charge is 2.32. The van der Waals surface area contributed by atoms with Gasteiger partial charge in [0, 0.05) is 46.9 Å². The molecular formula is C29H27N5O4S2. The average molecular weight is 574 g/mol. The summed E-state index contributed by atoms with van der Waals surface area (Å²) < 4.78 is 23.5. The van der Waals surface area contributed by atoms with Crippen molar-refractivity contribution < 1.29 is 18.3 Å². The van der Waals surface area contributed by atoms with Crippen LogP contribution in [0.1, 0.15) is 40.0 Å². The number of aromatic nitrogens is 2. The summed E-state index contributed by atoms with van der Waals surface area (Å²) in [5, 5.41) is 16.4. The molecule has 11 heteroatoms. The standard InChI is InChI=1S/C29H27N5O4S2/c1-17-4-7-20(14-23(17)21-3-2-12-32-15-21)26(30)24(13-18-5-10-22(11-6-18)40(31,37)38)27(19-8-9-19)34-29-33-25(16-39-29)28(35)36/h2-7,10-12,14-16,19H,8-9,13,30H2,1H3,(H,35,36)(H2,31,37,38). The predicted octanol–water partition coefficient (Wildman–Crippen LogP) is 4.95. The monoisotopic (exact) mass is 573 g/mol. The van der Waals surface area contributed by atoms with E-state index in [0.717, 1.165) is 63.3 Å². The molecule has 0 radical (unpaired) electrons. The van der Waals surface area contributed by atoms with E-state index in [2.05, 4.69) is 9.97 Å². The zero-order valence-electron chi connectivity index (χ0n) is 21.6. The number of pyridine rings is 1. The normalized spacial score (nSPS) is 14.6. The van der Waals surface area contributed by atoms with Crippen LogP contribution in [0.4, 0.5) is 5.13 Å². The van der Waals surface area contributed by atoms with Crippen molar-refractivity contribution in [3.63, 3.8) is 0 Å². The summed E-state index contributed by atoms with van der Waals surface area (Å²) in [7, 11) is -3.83. The van der Waals surface area contributed by atoms with Gasteiger partial charge in [0.05, 0.1) is 10.6 Å². The zero-order valence-corrected chi connectivity index (χ0v) is 23.2. The van der Waals surface area contributed by atoms with Crippen LogP contribution in [-0.4, -0.2) is 35.2 Å². The summed E-state index contributed by atoms with van der Waals surface area (Å²) in [4.78, 5) is 24.7. The van der Waals surface area contributed by atoms with E-state index in [9.17, 15) is 18.3 Å². The molecule has 2 aromatic carbocycles. The minimum atomic E-state index is -3.83. The second-order valence-corrected chi connectivity index (χ2v) is 12.0. The van der Waals surface area contributed by atoms with Gasteiger partial charge < -0.3 is 10.8 Å². The molecule has 0 spiro atoms. The fourth-order valence-electron chi connectivity index (χ4n) is 4.40. The molecule has 2 heterocycles. The predicted molar refractivity (Wildman–Crippen MR) is 156 cm³/mol. The Kier molecular flexibility index (Phi) is 7.61. The Morgan fingerprint density at radius 3 is 2.50 bits per heavy atom. The molecule has 1 aliphatic rings. The van der Waals surface area contributed by atoms with Crippen molar-refractivity contribution in [2.24, 2.45) is 21.8 Å². The molecule has 0 aliphatic heterocycles. The maximum Gasteiger partial charge on any atom is 0.355 e. The van der Waals surface area contributed by atoms with Crippen LogP contribution in [0.2, 0.25) is 0 Å². The van der Waals surface area contributed by atoms with Gasteiger partial charge in [0.1, 0.15) is 0 Å². The fourth-order valence-corrected chi connectivity index (χ4v) is 5.59. The van der Waals surface area contributed by atoms with Gasteiger partial charge in [-0.25, -0.2) is 28.3 Å². The largest absolute Gasteiger partial charge is 0.476 e. The molecule has 0 saturated heterocycles. The van der Waals surface area contributed by atoms with Gasteiger partial charge in [0.15, 0.2) is 5.69 Å². The Bertz CT molecular complexity index is 1740. The van der Waals surface area contributed by atoms with Gasteiger partial charge in [0.25, 0.3) is 0 Å². The van der Waals surface area contributed by atoms with Crippen molar-refractivity contribution in [2.75, 3.05) is 0 Å². The van der Waals surface area contributed by atoms with Crippen molar-refractivity contribution in [1.29, 1.82) is 0 Å². The minimum Gasteiger partial charge on any atom is -0.476 e. The SMILES string of the molecule is Cc1ccc(C(N)=C(Cc2ccc(S(N)(=O)=O)cc2)C(=Nc2nc(C(=O)O)cs2)C2CC2)cc1-c1cccnc1. The molecule has 1 saturated carbocycles. The van der Waals surface area contributed by atoms with E-state index < -0.39 is 16.0 Å². The van der Waals surface area contributed by atoms with Crippen LogP contribution in [0.3, 0.4) is 0 Å². The molecule has 0 atom stereocenters. The molecule has 40 heavy (non-hydrogen) atoms. The van der Waals surface area contributed by atoms with Crippen molar-refractivity contribution >= 4 is 43.9 Å². The maximum atomic E-state index is 11.8. The van der Waals surface area contributed by atoms with Crippen LogP contribution in [0.5, 0.6) is 0 Å². The van der Waals surface area contributed by atoms with Gasteiger partial charge in [0.2, 0.25) is 15.2 Å². The zero-order chi connectivity index (χ0) is 28.4. The van der Waals surface area contributed by atoms with Gasteiger partial charge >= 0.3 is 5.97 Å². The number of thiazole rings is 1. The number of nitrogens with zero attached hydrogens (tertiary/aromatic N) is 3. The first-order valence-electron chi connectivity index (χ1n) is 12.5. The van der Waals surface area contributed by atoms with Crippen molar-refractivity contribution in [1.82, 2.24) is 9.97 Å². The van der Waals surface area contributed by atoms with Crippen LogP contribution in [-0.2, 0) is 16.4 Å². The molecule has 204 valence electrons. The molecule has 5 rings (SSSR count). The number of hydrogen-bond donors (Lipinski definition) is 3. The van der Waals surface area contributed by atoms with E-state index in [1.165, 1.54) is 17.5 Å². The summed E-state index contributed by atoms with van der Waals surface area (Å²) in [5.74, 6) is -0.962. The summed E-state index contributed by atoms with van der Waals surface area (Å²) in [5.41, 5.74) is 13.6. The molecular weight excluding hydrogens is 546 g/mol. The molecule has 2 aromatic heterocycles. The highest BCUT2D eigenvalue weighted by molar-refractivity contribution is 7.89. The number of carboxylic acid groups (broad SMARTS) is 1. The first-order valence-corrected chi connectivity index (χ1v) is 14.9.